The topological polar surface area (TPSA) is 57.3 Å². The summed E-state index contributed by atoms with van der Waals surface area (Å²) in [5, 5.41) is 6.38. The Morgan fingerprint density at radius 2 is 2.32 bits per heavy atom. The van der Waals surface area contributed by atoms with Gasteiger partial charge < -0.3 is 15.5 Å². The van der Waals surface area contributed by atoms with Gasteiger partial charge in [-0.15, -0.1) is 0 Å². The third kappa shape index (κ3) is 3.77. The molecule has 0 spiro atoms. The van der Waals surface area contributed by atoms with Crippen molar-refractivity contribution in [3.63, 3.8) is 0 Å². The van der Waals surface area contributed by atoms with Crippen LogP contribution in [0.3, 0.4) is 0 Å². The number of pyridine rings is 1. The van der Waals surface area contributed by atoms with Crippen molar-refractivity contribution in [3.05, 3.63) is 23.9 Å². The van der Waals surface area contributed by atoms with Crippen molar-refractivity contribution < 1.29 is 4.79 Å². The number of nitrogens with one attached hydrogen (secondary N) is 2. The monoisotopic (exact) mass is 302 g/mol. The Morgan fingerprint density at radius 3 is 3.09 bits per heavy atom. The number of aryl methyl sites for hydroxylation is 1. The van der Waals surface area contributed by atoms with Crippen molar-refractivity contribution in [1.82, 2.24) is 15.6 Å². The van der Waals surface area contributed by atoms with Gasteiger partial charge in [-0.1, -0.05) is 6.07 Å². The minimum absolute atomic E-state index is 0.0260. The molecule has 1 aromatic heterocycles. The Morgan fingerprint density at radius 1 is 1.41 bits per heavy atom. The predicted octanol–water partition coefficient (Wildman–Crippen LogP) is 1.47. The van der Waals surface area contributed by atoms with Gasteiger partial charge in [0.05, 0.1) is 6.04 Å². The molecule has 2 N–H and O–H groups in total. The van der Waals surface area contributed by atoms with Crippen LogP contribution in [0, 0.1) is 12.8 Å². The lowest BCUT2D eigenvalue weighted by atomic mass is 9.97. The second-order valence-electron chi connectivity index (χ2n) is 6.49. The highest BCUT2D eigenvalue weighted by Crippen LogP contribution is 2.21. The van der Waals surface area contributed by atoms with Gasteiger partial charge in [0.2, 0.25) is 5.91 Å². The van der Waals surface area contributed by atoms with Crippen LogP contribution in [0.2, 0.25) is 0 Å². The number of hydrogen-bond acceptors (Lipinski definition) is 4. The van der Waals surface area contributed by atoms with Crippen molar-refractivity contribution in [3.8, 4) is 0 Å². The van der Waals surface area contributed by atoms with E-state index in [0.29, 0.717) is 5.92 Å². The summed E-state index contributed by atoms with van der Waals surface area (Å²) in [6.45, 7) is 5.81. The van der Waals surface area contributed by atoms with Gasteiger partial charge >= 0.3 is 0 Å². The Balaban J connectivity index is 1.51. The second-order valence-corrected chi connectivity index (χ2v) is 6.49. The van der Waals surface area contributed by atoms with Crippen molar-refractivity contribution in [2.75, 3.05) is 31.1 Å². The van der Waals surface area contributed by atoms with Crippen LogP contribution in [0.5, 0.6) is 0 Å². The summed E-state index contributed by atoms with van der Waals surface area (Å²) < 4.78 is 0. The zero-order valence-electron chi connectivity index (χ0n) is 13.3. The van der Waals surface area contributed by atoms with Gasteiger partial charge in [0.1, 0.15) is 5.82 Å². The van der Waals surface area contributed by atoms with Gasteiger partial charge in [0.15, 0.2) is 0 Å². The molecular weight excluding hydrogens is 276 g/mol. The first-order valence-corrected chi connectivity index (χ1v) is 8.42. The smallest absolute Gasteiger partial charge is 0.237 e. The summed E-state index contributed by atoms with van der Waals surface area (Å²) in [6, 6.07) is 6.20. The zero-order valence-corrected chi connectivity index (χ0v) is 13.3. The van der Waals surface area contributed by atoms with Gasteiger partial charge in [-0.2, -0.15) is 0 Å². The molecule has 0 bridgehead atoms. The van der Waals surface area contributed by atoms with Crippen LogP contribution in [0.4, 0.5) is 5.82 Å². The lowest BCUT2D eigenvalue weighted by molar-refractivity contribution is -0.122. The molecule has 5 nitrogen and oxygen atoms in total. The highest BCUT2D eigenvalue weighted by atomic mass is 16.2. The van der Waals surface area contributed by atoms with Crippen molar-refractivity contribution in [2.45, 2.75) is 38.6 Å². The van der Waals surface area contributed by atoms with Crippen LogP contribution in [0.15, 0.2) is 18.2 Å². The molecular formula is C17H26N4O. The average molecular weight is 302 g/mol. The van der Waals surface area contributed by atoms with Crippen LogP contribution in [0.1, 0.15) is 31.4 Å². The van der Waals surface area contributed by atoms with E-state index in [1.807, 2.05) is 13.0 Å². The Labute approximate surface area is 132 Å². The van der Waals surface area contributed by atoms with E-state index in [9.17, 15) is 4.79 Å². The van der Waals surface area contributed by atoms with Gasteiger partial charge in [0.25, 0.3) is 0 Å². The first-order chi connectivity index (χ1) is 10.7. The predicted molar refractivity (Wildman–Crippen MR) is 87.9 cm³/mol. The van der Waals surface area contributed by atoms with Gasteiger partial charge in [-0.3, -0.25) is 4.79 Å². The molecule has 1 aromatic rings. The summed E-state index contributed by atoms with van der Waals surface area (Å²) in [6.07, 6.45) is 4.42. The molecule has 3 heterocycles. The van der Waals surface area contributed by atoms with Crippen molar-refractivity contribution in [2.24, 2.45) is 5.92 Å². The van der Waals surface area contributed by atoms with Crippen molar-refractivity contribution in [1.29, 1.82) is 0 Å². The fourth-order valence-electron chi connectivity index (χ4n) is 3.42. The number of anilines is 1. The van der Waals surface area contributed by atoms with E-state index in [1.54, 1.807) is 0 Å². The molecule has 120 valence electrons. The van der Waals surface area contributed by atoms with Crippen LogP contribution in [-0.2, 0) is 4.79 Å². The van der Waals surface area contributed by atoms with Crippen molar-refractivity contribution >= 4 is 11.7 Å². The number of carbonyl (C=O) groups is 1. The Hall–Kier alpha value is -1.62. The van der Waals surface area contributed by atoms with E-state index in [-0.39, 0.29) is 11.9 Å². The summed E-state index contributed by atoms with van der Waals surface area (Å²) in [4.78, 5) is 19.1. The minimum Gasteiger partial charge on any atom is -0.356 e. The lowest BCUT2D eigenvalue weighted by Crippen LogP contribution is -2.45. The maximum atomic E-state index is 12.1. The normalized spacial score (nSPS) is 25.2. The quantitative estimate of drug-likeness (QED) is 0.884. The number of hydrogen-bond donors (Lipinski definition) is 2. The van der Waals surface area contributed by atoms with E-state index in [4.69, 9.17) is 0 Å². The zero-order chi connectivity index (χ0) is 15.4. The summed E-state index contributed by atoms with van der Waals surface area (Å²) in [5.41, 5.74) is 1.06. The molecule has 2 atom stereocenters. The van der Waals surface area contributed by atoms with Crippen LogP contribution >= 0.6 is 0 Å². The first kappa shape index (κ1) is 15.3. The molecule has 2 fully saturated rings. The maximum Gasteiger partial charge on any atom is 0.237 e. The molecule has 0 saturated carbocycles. The Kier molecular flexibility index (Phi) is 4.93. The number of amides is 1. The average Bonchev–Trinajstić information content (AvgIpc) is 3.07. The number of piperidine rings is 1. The molecule has 0 aliphatic carbocycles. The van der Waals surface area contributed by atoms with E-state index in [0.717, 1.165) is 57.0 Å². The number of rotatable bonds is 4. The van der Waals surface area contributed by atoms with Gasteiger partial charge in [-0.25, -0.2) is 4.98 Å². The summed E-state index contributed by atoms with van der Waals surface area (Å²) in [5.74, 6) is 1.75. The van der Waals surface area contributed by atoms with Crippen LogP contribution in [-0.4, -0.2) is 43.1 Å². The molecule has 3 rings (SSSR count). The molecule has 0 radical (unpaired) electrons. The molecule has 2 unspecified atom stereocenters. The SMILES string of the molecule is Cc1cccc(N2CCCC(CNC(=O)C3CCCN3)C2)n1. The summed E-state index contributed by atoms with van der Waals surface area (Å²) in [7, 11) is 0. The third-order valence-electron chi connectivity index (χ3n) is 4.66. The summed E-state index contributed by atoms with van der Waals surface area (Å²) >= 11 is 0. The highest BCUT2D eigenvalue weighted by Gasteiger charge is 2.25. The molecule has 1 amide bonds. The number of nitrogens with zero attached hydrogens (tertiary/aromatic N) is 2. The van der Waals surface area contributed by atoms with Crippen LogP contribution < -0.4 is 15.5 Å². The fraction of sp³-hybridized carbons (Fsp3) is 0.647. The van der Waals surface area contributed by atoms with E-state index in [2.05, 4.69) is 32.7 Å². The molecule has 5 heteroatoms. The minimum atomic E-state index is 0.0260. The largest absolute Gasteiger partial charge is 0.356 e. The molecule has 2 saturated heterocycles. The van der Waals surface area contributed by atoms with Crippen LogP contribution in [0.25, 0.3) is 0 Å². The third-order valence-corrected chi connectivity index (χ3v) is 4.66. The second kappa shape index (κ2) is 7.09. The molecule has 22 heavy (non-hydrogen) atoms. The fourth-order valence-corrected chi connectivity index (χ4v) is 3.42. The van der Waals surface area contributed by atoms with Gasteiger partial charge in [0, 0.05) is 25.3 Å². The number of aromatic nitrogens is 1. The Bertz CT molecular complexity index is 513. The molecule has 0 aromatic carbocycles. The molecule has 2 aliphatic heterocycles. The maximum absolute atomic E-state index is 12.1. The number of carbonyl (C=O) groups excluding carboxylic acids is 1. The van der Waals surface area contributed by atoms with Gasteiger partial charge in [-0.05, 0) is 57.2 Å². The van der Waals surface area contributed by atoms with E-state index in [1.165, 1.54) is 6.42 Å². The highest BCUT2D eigenvalue weighted by molar-refractivity contribution is 5.81. The first-order valence-electron chi connectivity index (χ1n) is 8.42. The molecule has 2 aliphatic rings. The van der Waals surface area contributed by atoms with E-state index >= 15 is 0 Å². The standard InChI is InChI=1S/C17H26N4O/c1-13-5-2-8-16(20-13)21-10-4-6-14(12-21)11-19-17(22)15-7-3-9-18-15/h2,5,8,14-15,18H,3-4,6-7,9-12H2,1H3,(H,19,22). The lowest BCUT2D eigenvalue weighted by Gasteiger charge is -2.34. The van der Waals surface area contributed by atoms with E-state index < -0.39 is 0 Å².